The van der Waals surface area contributed by atoms with Gasteiger partial charge in [0.2, 0.25) is 0 Å². The molecule has 0 saturated carbocycles. The maximum atomic E-state index is 5.20. The van der Waals surface area contributed by atoms with E-state index in [4.69, 9.17) is 9.72 Å². The van der Waals surface area contributed by atoms with E-state index in [0.29, 0.717) is 5.75 Å². The van der Waals surface area contributed by atoms with Crippen LogP contribution in [0, 0.1) is 11.8 Å². The Kier molecular flexibility index (Phi) is 6.30. The molecule has 4 heterocycles. The van der Waals surface area contributed by atoms with Gasteiger partial charge in [0.05, 0.1) is 29.3 Å². The average molecular weight is 440 g/mol. The lowest BCUT2D eigenvalue weighted by Gasteiger charge is -2.22. The van der Waals surface area contributed by atoms with E-state index in [2.05, 4.69) is 54.0 Å². The number of hydrogen-bond donors (Lipinski definition) is 1. The molecule has 0 spiro atoms. The van der Waals surface area contributed by atoms with Crippen molar-refractivity contribution in [2.45, 2.75) is 26.3 Å². The summed E-state index contributed by atoms with van der Waals surface area (Å²) in [6.07, 6.45) is 8.84. The number of nitrogens with one attached hydrogen (secondary N) is 1. The van der Waals surface area contributed by atoms with E-state index in [0.717, 1.165) is 32.5 Å². The highest BCUT2D eigenvalue weighted by atomic mass is 35.5. The molecular formula is C22H22ClN5OS. The maximum Gasteiger partial charge on any atom is 0.157 e. The molecule has 154 valence electrons. The van der Waals surface area contributed by atoms with E-state index in [9.17, 15) is 0 Å². The molecule has 0 fully saturated rings. The van der Waals surface area contributed by atoms with Gasteiger partial charge in [-0.2, -0.15) is 0 Å². The second-order valence-corrected chi connectivity index (χ2v) is 8.60. The number of nitrogens with zero attached hydrogens (tertiary/aromatic N) is 4. The number of halogens is 1. The number of rotatable bonds is 3. The van der Waals surface area contributed by atoms with Crippen LogP contribution in [0.3, 0.4) is 0 Å². The van der Waals surface area contributed by atoms with Crippen molar-refractivity contribution in [3.63, 3.8) is 0 Å². The summed E-state index contributed by atoms with van der Waals surface area (Å²) in [5, 5.41) is 3.57. The molecule has 0 bridgehead atoms. The fraction of sp³-hybridized carbons (Fsp3) is 0.227. The predicted octanol–water partition coefficient (Wildman–Crippen LogP) is 4.89. The van der Waals surface area contributed by atoms with Crippen LogP contribution in [0.15, 0.2) is 49.2 Å². The molecule has 30 heavy (non-hydrogen) atoms. The molecular weight excluding hydrogens is 418 g/mol. The molecule has 6 nitrogen and oxygen atoms in total. The molecule has 4 aromatic rings. The Morgan fingerprint density at radius 3 is 2.70 bits per heavy atom. The number of hydrogen-bond acceptors (Lipinski definition) is 6. The Balaban J connectivity index is 0.00000256. The van der Waals surface area contributed by atoms with Crippen molar-refractivity contribution in [3.05, 3.63) is 59.6 Å². The zero-order valence-corrected chi connectivity index (χ0v) is 18.8. The van der Waals surface area contributed by atoms with Gasteiger partial charge in [-0.1, -0.05) is 11.8 Å². The van der Waals surface area contributed by atoms with Gasteiger partial charge in [0.25, 0.3) is 0 Å². The quantitative estimate of drug-likeness (QED) is 0.460. The molecule has 0 saturated heterocycles. The second kappa shape index (κ2) is 8.74. The Morgan fingerprint density at radius 2 is 1.93 bits per heavy atom. The van der Waals surface area contributed by atoms with E-state index < -0.39 is 0 Å². The summed E-state index contributed by atoms with van der Waals surface area (Å²) in [7, 11) is 1.62. The van der Waals surface area contributed by atoms with Crippen molar-refractivity contribution < 1.29 is 4.74 Å². The van der Waals surface area contributed by atoms with Gasteiger partial charge in [0.1, 0.15) is 17.3 Å². The van der Waals surface area contributed by atoms with Crippen molar-refractivity contribution in [2.24, 2.45) is 0 Å². The molecule has 4 rings (SSSR count). The summed E-state index contributed by atoms with van der Waals surface area (Å²) >= 11 is 1.61. The first-order chi connectivity index (χ1) is 13.9. The van der Waals surface area contributed by atoms with Crippen molar-refractivity contribution >= 4 is 35.2 Å². The van der Waals surface area contributed by atoms with Crippen molar-refractivity contribution in [3.8, 4) is 28.2 Å². The molecule has 1 N–H and O–H groups in total. The van der Waals surface area contributed by atoms with Crippen LogP contribution in [-0.4, -0.2) is 32.0 Å². The van der Waals surface area contributed by atoms with Gasteiger partial charge in [-0.25, -0.2) is 4.98 Å². The number of aromatic nitrogens is 4. The number of ether oxygens (including phenoxy) is 1. The van der Waals surface area contributed by atoms with Gasteiger partial charge in [-0.15, -0.1) is 23.7 Å². The lowest BCUT2D eigenvalue weighted by molar-refractivity contribution is 0.413. The minimum atomic E-state index is -0.104. The minimum Gasteiger partial charge on any atom is -0.495 e. The van der Waals surface area contributed by atoms with Crippen molar-refractivity contribution in [1.29, 1.82) is 0 Å². The summed E-state index contributed by atoms with van der Waals surface area (Å²) in [6.45, 7) is 6.39. The third kappa shape index (κ3) is 4.73. The highest BCUT2D eigenvalue weighted by Crippen LogP contribution is 2.34. The Hall–Kier alpha value is -3.08. The van der Waals surface area contributed by atoms with E-state index >= 15 is 0 Å². The Morgan fingerprint density at radius 1 is 1.10 bits per heavy atom. The fourth-order valence-electron chi connectivity index (χ4n) is 2.82. The average Bonchev–Trinajstić information content (AvgIpc) is 3.30. The van der Waals surface area contributed by atoms with Crippen molar-refractivity contribution in [1.82, 2.24) is 19.4 Å². The van der Waals surface area contributed by atoms with Crippen molar-refractivity contribution in [2.75, 3.05) is 12.4 Å². The summed E-state index contributed by atoms with van der Waals surface area (Å²) < 4.78 is 7.23. The van der Waals surface area contributed by atoms with Crippen LogP contribution in [0.4, 0.5) is 5.82 Å². The zero-order chi connectivity index (χ0) is 20.4. The smallest absolute Gasteiger partial charge is 0.157 e. The fourth-order valence-corrected chi connectivity index (χ4v) is 3.67. The topological polar surface area (TPSA) is 64.3 Å². The van der Waals surface area contributed by atoms with E-state index in [1.807, 2.05) is 22.7 Å². The third-order valence-corrected chi connectivity index (χ3v) is 5.05. The first-order valence-corrected chi connectivity index (χ1v) is 9.96. The van der Waals surface area contributed by atoms with Crippen LogP contribution >= 0.6 is 23.7 Å². The first-order valence-electron chi connectivity index (χ1n) is 9.14. The van der Waals surface area contributed by atoms with Gasteiger partial charge >= 0.3 is 0 Å². The van der Waals surface area contributed by atoms with Crippen LogP contribution in [0.2, 0.25) is 0 Å². The minimum absolute atomic E-state index is 0. The van der Waals surface area contributed by atoms with E-state index in [-0.39, 0.29) is 17.9 Å². The molecule has 0 unspecified atom stereocenters. The Labute approximate surface area is 185 Å². The summed E-state index contributed by atoms with van der Waals surface area (Å²) in [5.74, 6) is 8.00. The number of anilines is 1. The SMILES string of the molecule is COc1cncc(C#Cc2ccc(-c3nc4cnccn4c3NC(C)(C)C)s2)c1.Cl. The molecule has 0 atom stereocenters. The first kappa shape index (κ1) is 21.6. The van der Waals surface area contributed by atoms with Gasteiger partial charge in [0, 0.05) is 29.7 Å². The number of thiophene rings is 1. The highest BCUT2D eigenvalue weighted by Gasteiger charge is 2.20. The monoisotopic (exact) mass is 439 g/mol. The largest absolute Gasteiger partial charge is 0.495 e. The molecule has 0 aliphatic rings. The number of methoxy groups -OCH3 is 1. The van der Waals surface area contributed by atoms with Gasteiger partial charge in [-0.05, 0) is 39.0 Å². The summed E-state index contributed by atoms with van der Waals surface area (Å²) in [4.78, 5) is 15.1. The molecule has 0 radical (unpaired) electrons. The van der Waals surface area contributed by atoms with Crippen LogP contribution < -0.4 is 10.1 Å². The van der Waals surface area contributed by atoms with Gasteiger partial charge in [0.15, 0.2) is 5.65 Å². The molecule has 0 aliphatic heterocycles. The van der Waals surface area contributed by atoms with Gasteiger partial charge in [-0.3, -0.25) is 14.4 Å². The standard InChI is InChI=1S/C22H21N5OS.ClH/c1-22(2,3)26-21-20(25-19-14-23-9-10-27(19)21)18-8-7-17(29-18)6-5-15-11-16(28-4)13-24-12-15;/h7-14,26H,1-4H3;1H. The Bertz CT molecular complexity index is 1230. The third-order valence-electron chi connectivity index (χ3n) is 4.04. The maximum absolute atomic E-state index is 5.20. The molecule has 0 amide bonds. The molecule has 0 aliphatic carbocycles. The summed E-state index contributed by atoms with van der Waals surface area (Å²) in [5.41, 5.74) is 2.41. The predicted molar refractivity (Wildman–Crippen MR) is 124 cm³/mol. The highest BCUT2D eigenvalue weighted by molar-refractivity contribution is 7.16. The lowest BCUT2D eigenvalue weighted by atomic mass is 10.1. The molecule has 4 aromatic heterocycles. The lowest BCUT2D eigenvalue weighted by Crippen LogP contribution is -2.27. The van der Waals surface area contributed by atoms with E-state index in [1.165, 1.54) is 0 Å². The van der Waals surface area contributed by atoms with Crippen LogP contribution in [0.25, 0.3) is 16.2 Å². The van der Waals surface area contributed by atoms with Gasteiger partial charge < -0.3 is 10.1 Å². The second-order valence-electron chi connectivity index (χ2n) is 7.52. The molecule has 0 aromatic carbocycles. The number of imidazole rings is 1. The zero-order valence-electron chi connectivity index (χ0n) is 17.1. The normalized spacial score (nSPS) is 10.8. The number of pyridine rings is 1. The van der Waals surface area contributed by atoms with E-state index in [1.54, 1.807) is 43.2 Å². The van der Waals surface area contributed by atoms with Crippen LogP contribution in [-0.2, 0) is 0 Å². The van der Waals surface area contributed by atoms with Crippen LogP contribution in [0.1, 0.15) is 31.2 Å². The summed E-state index contributed by atoms with van der Waals surface area (Å²) in [6, 6.07) is 5.94. The van der Waals surface area contributed by atoms with Crippen LogP contribution in [0.5, 0.6) is 5.75 Å². The number of fused-ring (bicyclic) bond motifs is 1. The molecule has 8 heteroatoms.